The smallest absolute Gasteiger partial charge is 0.294 e. The number of amides is 1. The van der Waals surface area contributed by atoms with Gasteiger partial charge in [-0.1, -0.05) is 30.3 Å². The molecule has 0 saturated carbocycles. The molecule has 0 fully saturated rings. The van der Waals surface area contributed by atoms with Crippen molar-refractivity contribution in [1.82, 2.24) is 0 Å². The fraction of sp³-hybridized carbons (Fsp3) is 0.182. The van der Waals surface area contributed by atoms with Gasteiger partial charge in [0.15, 0.2) is 5.76 Å². The Balaban J connectivity index is 1.50. The van der Waals surface area contributed by atoms with E-state index in [4.69, 9.17) is 14.4 Å². The number of carbonyl (C=O) groups excluding carboxylic acids is 1. The summed E-state index contributed by atoms with van der Waals surface area (Å²) >= 11 is 0. The number of hydrogen-bond donors (Lipinski definition) is 0. The Bertz CT molecular complexity index is 1030. The molecule has 5 nitrogen and oxygen atoms in total. The second-order valence-electron chi connectivity index (χ2n) is 6.52. The van der Waals surface area contributed by atoms with Crippen molar-refractivity contribution in [2.75, 3.05) is 4.90 Å². The normalized spacial score (nSPS) is 15.3. The van der Waals surface area contributed by atoms with E-state index in [0.29, 0.717) is 17.1 Å². The Morgan fingerprint density at radius 1 is 1.19 bits per heavy atom. The molecular formula is C22H18N2O3. The van der Waals surface area contributed by atoms with Gasteiger partial charge in [0.05, 0.1) is 5.56 Å². The first-order valence-electron chi connectivity index (χ1n) is 8.79. The van der Waals surface area contributed by atoms with Crippen LogP contribution in [0.25, 0.3) is 0 Å². The van der Waals surface area contributed by atoms with E-state index in [9.17, 15) is 4.79 Å². The number of furan rings is 1. The number of para-hydroxylation sites is 2. The highest BCUT2D eigenvalue weighted by atomic mass is 16.5. The van der Waals surface area contributed by atoms with Gasteiger partial charge in [0.1, 0.15) is 24.2 Å². The van der Waals surface area contributed by atoms with E-state index in [-0.39, 0.29) is 24.3 Å². The van der Waals surface area contributed by atoms with Crippen LogP contribution < -0.4 is 9.64 Å². The summed E-state index contributed by atoms with van der Waals surface area (Å²) in [5.41, 5.74) is 2.57. The van der Waals surface area contributed by atoms with Crippen LogP contribution in [0.5, 0.6) is 5.75 Å². The number of rotatable bonds is 4. The Morgan fingerprint density at radius 2 is 1.96 bits per heavy atom. The van der Waals surface area contributed by atoms with Crippen LogP contribution in [0, 0.1) is 11.3 Å². The molecule has 1 unspecified atom stereocenters. The molecule has 0 spiro atoms. The molecule has 5 heteroatoms. The van der Waals surface area contributed by atoms with Crippen LogP contribution in [0.1, 0.15) is 34.4 Å². The SMILES string of the molecule is CC1Cc2ccccc2N1C(=O)c1ccc(COc2ccccc2C#N)o1. The molecule has 0 bridgehead atoms. The second-order valence-corrected chi connectivity index (χ2v) is 6.52. The van der Waals surface area contributed by atoms with E-state index in [0.717, 1.165) is 12.1 Å². The predicted molar refractivity (Wildman–Crippen MR) is 101 cm³/mol. The van der Waals surface area contributed by atoms with Crippen molar-refractivity contribution in [1.29, 1.82) is 5.26 Å². The van der Waals surface area contributed by atoms with Gasteiger partial charge in [-0.25, -0.2) is 0 Å². The molecule has 1 aliphatic heterocycles. The van der Waals surface area contributed by atoms with E-state index in [1.165, 1.54) is 5.56 Å². The van der Waals surface area contributed by atoms with E-state index in [1.54, 1.807) is 41.3 Å². The summed E-state index contributed by atoms with van der Waals surface area (Å²) in [6.07, 6.45) is 0.837. The van der Waals surface area contributed by atoms with Crippen molar-refractivity contribution in [3.05, 3.63) is 83.3 Å². The third kappa shape index (κ3) is 3.18. The molecule has 3 aromatic rings. The van der Waals surface area contributed by atoms with E-state index in [2.05, 4.69) is 6.07 Å². The van der Waals surface area contributed by atoms with Gasteiger partial charge in [-0.15, -0.1) is 0 Å². The molecule has 2 aromatic carbocycles. The minimum absolute atomic E-state index is 0.0854. The van der Waals surface area contributed by atoms with Crippen LogP contribution in [0.15, 0.2) is 65.1 Å². The van der Waals surface area contributed by atoms with Crippen LogP contribution >= 0.6 is 0 Å². The molecule has 1 aliphatic rings. The predicted octanol–water partition coefficient (Wildman–Crippen LogP) is 4.32. The Kier molecular flexibility index (Phi) is 4.39. The third-order valence-electron chi connectivity index (χ3n) is 4.68. The van der Waals surface area contributed by atoms with Gasteiger partial charge in [0.25, 0.3) is 5.91 Å². The summed E-state index contributed by atoms with van der Waals surface area (Å²) in [5, 5.41) is 9.12. The summed E-state index contributed by atoms with van der Waals surface area (Å²) in [6, 6.07) is 20.5. The monoisotopic (exact) mass is 358 g/mol. The van der Waals surface area contributed by atoms with Crippen molar-refractivity contribution in [3.63, 3.8) is 0 Å². The van der Waals surface area contributed by atoms with Gasteiger partial charge in [-0.05, 0) is 49.2 Å². The highest BCUT2D eigenvalue weighted by Gasteiger charge is 2.32. The number of fused-ring (bicyclic) bond motifs is 1. The molecule has 1 aromatic heterocycles. The number of nitrogens with zero attached hydrogens (tertiary/aromatic N) is 2. The van der Waals surface area contributed by atoms with E-state index < -0.39 is 0 Å². The van der Waals surface area contributed by atoms with Gasteiger partial charge in [0.2, 0.25) is 0 Å². The summed E-state index contributed by atoms with van der Waals surface area (Å²) in [7, 11) is 0. The number of ether oxygens (including phenoxy) is 1. The topological polar surface area (TPSA) is 66.5 Å². The lowest BCUT2D eigenvalue weighted by molar-refractivity contribution is 0.0950. The largest absolute Gasteiger partial charge is 0.484 e. The molecule has 0 aliphatic carbocycles. The lowest BCUT2D eigenvalue weighted by Crippen LogP contribution is -2.35. The summed E-state index contributed by atoms with van der Waals surface area (Å²) in [5.74, 6) is 1.15. The van der Waals surface area contributed by atoms with Gasteiger partial charge < -0.3 is 14.1 Å². The average Bonchev–Trinajstić information content (AvgIpc) is 3.29. The maximum atomic E-state index is 13.0. The molecule has 0 N–H and O–H groups in total. The van der Waals surface area contributed by atoms with Crippen molar-refractivity contribution >= 4 is 11.6 Å². The third-order valence-corrected chi connectivity index (χ3v) is 4.68. The minimum atomic E-state index is -0.156. The van der Waals surface area contributed by atoms with Crippen LogP contribution in [-0.4, -0.2) is 11.9 Å². The van der Waals surface area contributed by atoms with Crippen molar-refractivity contribution in [2.45, 2.75) is 26.0 Å². The molecular weight excluding hydrogens is 340 g/mol. The van der Waals surface area contributed by atoms with Crippen LogP contribution in [0.3, 0.4) is 0 Å². The molecule has 0 saturated heterocycles. The zero-order chi connectivity index (χ0) is 18.8. The zero-order valence-corrected chi connectivity index (χ0v) is 14.9. The Morgan fingerprint density at radius 3 is 2.81 bits per heavy atom. The highest BCUT2D eigenvalue weighted by molar-refractivity contribution is 6.06. The summed E-state index contributed by atoms with van der Waals surface area (Å²) in [6.45, 7) is 2.18. The van der Waals surface area contributed by atoms with Crippen LogP contribution in [0.2, 0.25) is 0 Å². The summed E-state index contributed by atoms with van der Waals surface area (Å²) in [4.78, 5) is 14.7. The van der Waals surface area contributed by atoms with Crippen LogP contribution in [0.4, 0.5) is 5.69 Å². The summed E-state index contributed by atoms with van der Waals surface area (Å²) < 4.78 is 11.4. The molecule has 2 heterocycles. The lowest BCUT2D eigenvalue weighted by atomic mass is 10.1. The molecule has 4 rings (SSSR count). The fourth-order valence-electron chi connectivity index (χ4n) is 3.40. The fourth-order valence-corrected chi connectivity index (χ4v) is 3.40. The van der Waals surface area contributed by atoms with E-state index >= 15 is 0 Å². The van der Waals surface area contributed by atoms with E-state index in [1.807, 2.05) is 31.2 Å². The number of carbonyl (C=O) groups is 1. The van der Waals surface area contributed by atoms with Crippen molar-refractivity contribution < 1.29 is 13.9 Å². The number of hydrogen-bond acceptors (Lipinski definition) is 4. The van der Waals surface area contributed by atoms with Gasteiger partial charge in [-0.2, -0.15) is 5.26 Å². The minimum Gasteiger partial charge on any atom is -0.484 e. The quantitative estimate of drug-likeness (QED) is 0.696. The molecule has 27 heavy (non-hydrogen) atoms. The lowest BCUT2D eigenvalue weighted by Gasteiger charge is -2.21. The van der Waals surface area contributed by atoms with Gasteiger partial charge in [0, 0.05) is 11.7 Å². The zero-order valence-electron chi connectivity index (χ0n) is 14.9. The first-order valence-corrected chi connectivity index (χ1v) is 8.79. The molecule has 0 radical (unpaired) electrons. The Hall–Kier alpha value is -3.52. The molecule has 1 amide bonds. The van der Waals surface area contributed by atoms with Crippen molar-refractivity contribution in [2.24, 2.45) is 0 Å². The standard InChI is InChI=1S/C22H18N2O3/c1-15-12-16-6-2-4-8-19(16)24(15)22(25)21-11-10-18(27-21)14-26-20-9-5-3-7-17(20)13-23/h2-11,15H,12,14H2,1H3. The van der Waals surface area contributed by atoms with Crippen molar-refractivity contribution in [3.8, 4) is 11.8 Å². The van der Waals surface area contributed by atoms with Crippen LogP contribution in [-0.2, 0) is 13.0 Å². The number of nitriles is 1. The molecule has 134 valence electrons. The molecule has 1 atom stereocenters. The number of benzene rings is 2. The van der Waals surface area contributed by atoms with Gasteiger partial charge >= 0.3 is 0 Å². The average molecular weight is 358 g/mol. The highest BCUT2D eigenvalue weighted by Crippen LogP contribution is 2.33. The maximum Gasteiger partial charge on any atom is 0.294 e. The number of anilines is 1. The first-order chi connectivity index (χ1) is 13.2. The second kappa shape index (κ2) is 7.00. The Labute approximate surface area is 157 Å². The van der Waals surface area contributed by atoms with Gasteiger partial charge in [-0.3, -0.25) is 4.79 Å². The maximum absolute atomic E-state index is 13.0. The first kappa shape index (κ1) is 16.9.